The van der Waals surface area contributed by atoms with Crippen molar-refractivity contribution >= 4 is 25.4 Å². The molecule has 0 aromatic heterocycles. The van der Waals surface area contributed by atoms with Crippen LogP contribution in [0.3, 0.4) is 0 Å². The summed E-state index contributed by atoms with van der Waals surface area (Å²) < 4.78 is 35.0. The van der Waals surface area contributed by atoms with E-state index in [2.05, 4.69) is 5.32 Å². The lowest BCUT2D eigenvalue weighted by Crippen LogP contribution is -2.50. The van der Waals surface area contributed by atoms with Crippen LogP contribution in [0, 0.1) is 17.3 Å². The van der Waals surface area contributed by atoms with Crippen molar-refractivity contribution in [3.63, 3.8) is 0 Å². The van der Waals surface area contributed by atoms with Crippen molar-refractivity contribution in [3.05, 3.63) is 35.9 Å². The second kappa shape index (κ2) is 12.2. The van der Waals surface area contributed by atoms with Crippen LogP contribution < -0.4 is 5.32 Å². The average molecular weight is 510 g/mol. The normalized spacial score (nSPS) is 24.3. The van der Waals surface area contributed by atoms with Gasteiger partial charge in [-0.25, -0.2) is 0 Å². The van der Waals surface area contributed by atoms with Gasteiger partial charge in [-0.3, -0.25) is 23.5 Å². The summed E-state index contributed by atoms with van der Waals surface area (Å²) in [5.41, 5.74) is 0.302. The molecule has 9 nitrogen and oxygen atoms in total. The third kappa shape index (κ3) is 8.74. The smallest absolute Gasteiger partial charge is 0.332 e. The summed E-state index contributed by atoms with van der Waals surface area (Å²) in [7, 11) is -3.72. The molecule has 0 spiro atoms. The van der Waals surface area contributed by atoms with E-state index in [0.29, 0.717) is 18.9 Å². The molecular weight excluding hydrogens is 473 g/mol. The van der Waals surface area contributed by atoms with E-state index in [1.807, 2.05) is 30.3 Å². The summed E-state index contributed by atoms with van der Waals surface area (Å²) in [5, 5.41) is 2.67. The van der Waals surface area contributed by atoms with Crippen LogP contribution in [0.15, 0.2) is 30.3 Å². The zero-order chi connectivity index (χ0) is 25.5. The van der Waals surface area contributed by atoms with Gasteiger partial charge in [0.25, 0.3) is 0 Å². The minimum absolute atomic E-state index is 0.0293. The number of carbonyl (C=O) groups excluding carboxylic acids is 3. The maximum absolute atomic E-state index is 13.3. The van der Waals surface area contributed by atoms with Crippen LogP contribution in [0.2, 0.25) is 0 Å². The number of rotatable bonds is 12. The topological polar surface area (TPSA) is 117 Å². The summed E-state index contributed by atoms with van der Waals surface area (Å²) in [6.45, 7) is 5.89. The molecule has 1 heterocycles. The molecule has 0 bridgehead atoms. The summed E-state index contributed by atoms with van der Waals surface area (Å²) >= 11 is 0. The number of nitrogens with one attached hydrogen (secondary N) is 1. The third-order valence-electron chi connectivity index (χ3n) is 6.03. The molecule has 2 aliphatic rings. The van der Waals surface area contributed by atoms with E-state index in [4.69, 9.17) is 18.5 Å². The molecule has 3 atom stereocenters. The monoisotopic (exact) mass is 509 g/mol. The summed E-state index contributed by atoms with van der Waals surface area (Å²) in [5.74, 6) is -1.61. The highest BCUT2D eigenvalue weighted by Gasteiger charge is 2.48. The Morgan fingerprint density at radius 2 is 1.89 bits per heavy atom. The minimum atomic E-state index is -3.72. The Labute approximate surface area is 206 Å². The summed E-state index contributed by atoms with van der Waals surface area (Å²) in [4.78, 5) is 37.0. The zero-order valence-electron chi connectivity index (χ0n) is 20.7. The fourth-order valence-electron chi connectivity index (χ4n) is 3.59. The summed E-state index contributed by atoms with van der Waals surface area (Å²) in [6.07, 6.45) is 1.56. The number of carbonyl (C=O) groups is 3. The van der Waals surface area contributed by atoms with E-state index < -0.39 is 36.9 Å². The molecule has 1 aromatic carbocycles. The van der Waals surface area contributed by atoms with Gasteiger partial charge in [-0.2, -0.15) is 0 Å². The van der Waals surface area contributed by atoms with Gasteiger partial charge in [-0.1, -0.05) is 51.1 Å². The fourth-order valence-corrected chi connectivity index (χ4v) is 5.89. The number of esters is 2. The Morgan fingerprint density at radius 1 is 1.17 bits per heavy atom. The molecule has 10 heteroatoms. The minimum Gasteiger partial charge on any atom is -0.465 e. The van der Waals surface area contributed by atoms with Crippen LogP contribution in [0.4, 0.5) is 0 Å². The van der Waals surface area contributed by atoms with Crippen molar-refractivity contribution in [2.75, 3.05) is 32.5 Å². The van der Waals surface area contributed by atoms with Crippen LogP contribution in [0.1, 0.15) is 45.6 Å². The van der Waals surface area contributed by atoms with E-state index in [0.717, 1.165) is 18.4 Å². The van der Waals surface area contributed by atoms with Crippen molar-refractivity contribution in [2.24, 2.45) is 17.3 Å². The Hall–Kier alpha value is -2.22. The number of benzene rings is 1. The molecule has 1 aromatic rings. The molecule has 3 rings (SSSR count). The molecule has 1 aliphatic carbocycles. The highest BCUT2D eigenvalue weighted by Crippen LogP contribution is 2.57. The van der Waals surface area contributed by atoms with Crippen molar-refractivity contribution in [1.29, 1.82) is 0 Å². The average Bonchev–Trinajstić information content (AvgIpc) is 3.65. The first-order chi connectivity index (χ1) is 16.6. The highest BCUT2D eigenvalue weighted by atomic mass is 31.2. The fraction of sp³-hybridized carbons (Fsp3) is 0.640. The standard InChI is InChI=1S/C25H36NO8P/c1-18(24(29)31-14-12-19-7-5-4-6-8-19)16-35(30)33-17-25(2,3)22(34-35)23(28)26-13-11-21(27)32-15-20-9-10-20/h4-8,18,20,22H,9-17H2,1-3H3,(H,26,28)/t18-,22+,35?/m1/s1. The molecule has 1 N–H and O–H groups in total. The van der Waals surface area contributed by atoms with Gasteiger partial charge in [-0.15, -0.1) is 0 Å². The molecule has 35 heavy (non-hydrogen) atoms. The molecule has 1 unspecified atom stereocenters. The quantitative estimate of drug-likeness (QED) is 0.336. The first-order valence-electron chi connectivity index (χ1n) is 12.1. The maximum atomic E-state index is 13.3. The van der Waals surface area contributed by atoms with Gasteiger partial charge in [0.05, 0.1) is 38.3 Å². The number of hydrogen-bond acceptors (Lipinski definition) is 8. The Morgan fingerprint density at radius 3 is 2.57 bits per heavy atom. The molecular formula is C25H36NO8P. The summed E-state index contributed by atoms with van der Waals surface area (Å²) in [6, 6.07) is 9.64. The Kier molecular flexibility index (Phi) is 9.50. The van der Waals surface area contributed by atoms with Gasteiger partial charge >= 0.3 is 19.5 Å². The van der Waals surface area contributed by atoms with Gasteiger partial charge in [0.1, 0.15) is 0 Å². The lowest BCUT2D eigenvalue weighted by Gasteiger charge is -2.40. The maximum Gasteiger partial charge on any atom is 0.332 e. The van der Waals surface area contributed by atoms with Gasteiger partial charge < -0.3 is 19.3 Å². The molecule has 2 fully saturated rings. The predicted molar refractivity (Wildman–Crippen MR) is 129 cm³/mol. The Bertz CT molecular complexity index is 931. The largest absolute Gasteiger partial charge is 0.465 e. The zero-order valence-corrected chi connectivity index (χ0v) is 21.6. The lowest BCUT2D eigenvalue weighted by atomic mass is 9.87. The lowest BCUT2D eigenvalue weighted by molar-refractivity contribution is -0.147. The predicted octanol–water partition coefficient (Wildman–Crippen LogP) is 3.50. The first kappa shape index (κ1) is 27.4. The van der Waals surface area contributed by atoms with E-state index in [-0.39, 0.29) is 38.3 Å². The molecule has 1 aliphatic heterocycles. The van der Waals surface area contributed by atoms with E-state index in [9.17, 15) is 18.9 Å². The van der Waals surface area contributed by atoms with E-state index in [1.165, 1.54) is 0 Å². The van der Waals surface area contributed by atoms with Crippen LogP contribution in [0.5, 0.6) is 0 Å². The van der Waals surface area contributed by atoms with E-state index >= 15 is 0 Å². The second-order valence-electron chi connectivity index (χ2n) is 10.0. The van der Waals surface area contributed by atoms with Crippen LogP contribution in [0.25, 0.3) is 0 Å². The van der Waals surface area contributed by atoms with Crippen LogP contribution in [-0.2, 0) is 43.9 Å². The first-order valence-corrected chi connectivity index (χ1v) is 13.9. The van der Waals surface area contributed by atoms with Crippen molar-refractivity contribution < 1.29 is 37.5 Å². The van der Waals surface area contributed by atoms with Crippen molar-refractivity contribution in [1.82, 2.24) is 5.32 Å². The molecule has 0 radical (unpaired) electrons. The number of hydrogen-bond donors (Lipinski definition) is 1. The van der Waals surface area contributed by atoms with Gasteiger partial charge in [-0.05, 0) is 24.3 Å². The van der Waals surface area contributed by atoms with Crippen LogP contribution >= 0.6 is 7.60 Å². The highest BCUT2D eigenvalue weighted by molar-refractivity contribution is 7.54. The molecule has 1 saturated heterocycles. The van der Waals surface area contributed by atoms with Crippen molar-refractivity contribution in [3.8, 4) is 0 Å². The molecule has 1 saturated carbocycles. The molecule has 194 valence electrons. The van der Waals surface area contributed by atoms with Gasteiger partial charge in [0.2, 0.25) is 5.91 Å². The number of ether oxygens (including phenoxy) is 2. The van der Waals surface area contributed by atoms with E-state index in [1.54, 1.807) is 20.8 Å². The second-order valence-corrected chi connectivity index (χ2v) is 12.1. The van der Waals surface area contributed by atoms with Gasteiger partial charge in [0.15, 0.2) is 6.10 Å². The van der Waals surface area contributed by atoms with Crippen LogP contribution in [-0.4, -0.2) is 56.5 Å². The SMILES string of the molecule is C[C@H](CP1(=O)OCC(C)(C)[C@H](C(=O)NCCC(=O)OCC2CC2)O1)C(=O)OCCc1ccccc1. The number of amides is 1. The van der Waals surface area contributed by atoms with Crippen molar-refractivity contribution in [2.45, 2.75) is 52.6 Å². The molecule has 1 amide bonds. The third-order valence-corrected chi connectivity index (χ3v) is 8.08. The van der Waals surface area contributed by atoms with Gasteiger partial charge in [0, 0.05) is 18.4 Å². The Balaban J connectivity index is 1.45.